The molecule has 0 spiro atoms. The molecule has 0 atom stereocenters. The molecule has 1 heterocycles. The third-order valence-corrected chi connectivity index (χ3v) is 4.06. The van der Waals surface area contributed by atoms with Gasteiger partial charge in [0.2, 0.25) is 5.91 Å². The number of nitrogens with zero attached hydrogens (tertiary/aromatic N) is 1. The largest absolute Gasteiger partial charge is 0.493 e. The summed E-state index contributed by atoms with van der Waals surface area (Å²) < 4.78 is 10.3. The second kappa shape index (κ2) is 8.06. The maximum Gasteiger partial charge on any atom is 0.251 e. The molecule has 7 heteroatoms. The third kappa shape index (κ3) is 4.28. The Balaban J connectivity index is 1.92. The molecular weight excluding hydrogens is 320 g/mol. The summed E-state index contributed by atoms with van der Waals surface area (Å²) in [6, 6.07) is 3.07. The van der Waals surface area contributed by atoms with E-state index in [9.17, 15) is 9.59 Å². The van der Waals surface area contributed by atoms with Gasteiger partial charge in [0, 0.05) is 31.6 Å². The fourth-order valence-corrected chi connectivity index (χ4v) is 2.85. The summed E-state index contributed by atoms with van der Waals surface area (Å²) in [4.78, 5) is 25.9. The zero-order valence-corrected chi connectivity index (χ0v) is 14.1. The molecule has 1 fully saturated rings. The fourth-order valence-electron chi connectivity index (χ4n) is 2.56. The summed E-state index contributed by atoms with van der Waals surface area (Å²) in [6.45, 7) is 1.93. The lowest BCUT2D eigenvalue weighted by Crippen LogP contribution is -2.32. The monoisotopic (exact) mass is 340 g/mol. The highest BCUT2D eigenvalue weighted by atomic mass is 35.5. The number of hydrogen-bond acceptors (Lipinski definition) is 4. The second-order valence-corrected chi connectivity index (χ2v) is 5.69. The van der Waals surface area contributed by atoms with Crippen LogP contribution in [-0.4, -0.2) is 50.6 Å². The van der Waals surface area contributed by atoms with Crippen molar-refractivity contribution in [1.29, 1.82) is 0 Å². The Bertz CT molecular complexity index is 586. The number of halogens is 1. The maximum absolute atomic E-state index is 12.2. The molecule has 2 rings (SSSR count). The molecule has 0 radical (unpaired) electrons. The van der Waals surface area contributed by atoms with Crippen LogP contribution in [0.2, 0.25) is 5.02 Å². The Hall–Kier alpha value is -1.95. The Morgan fingerprint density at radius 1 is 1.22 bits per heavy atom. The number of hydrogen-bond donors (Lipinski definition) is 1. The minimum atomic E-state index is -0.304. The molecule has 1 aromatic carbocycles. The summed E-state index contributed by atoms with van der Waals surface area (Å²) in [5.74, 6) is 0.545. The Morgan fingerprint density at radius 3 is 2.52 bits per heavy atom. The van der Waals surface area contributed by atoms with Crippen molar-refractivity contribution in [2.24, 2.45) is 0 Å². The predicted molar refractivity (Wildman–Crippen MR) is 87.3 cm³/mol. The Morgan fingerprint density at radius 2 is 1.91 bits per heavy atom. The zero-order chi connectivity index (χ0) is 16.8. The maximum atomic E-state index is 12.2. The molecule has 1 aliphatic heterocycles. The number of carbonyl (C=O) groups excluding carboxylic acids is 2. The number of rotatable bonds is 6. The number of ether oxygens (including phenoxy) is 2. The molecule has 23 heavy (non-hydrogen) atoms. The van der Waals surface area contributed by atoms with Crippen LogP contribution in [0.5, 0.6) is 11.5 Å². The second-order valence-electron chi connectivity index (χ2n) is 5.29. The van der Waals surface area contributed by atoms with Gasteiger partial charge in [-0.05, 0) is 25.0 Å². The first-order valence-corrected chi connectivity index (χ1v) is 7.92. The number of amides is 2. The van der Waals surface area contributed by atoms with Gasteiger partial charge in [0.25, 0.3) is 5.91 Å². The molecule has 2 amide bonds. The van der Waals surface area contributed by atoms with E-state index in [0.717, 1.165) is 25.9 Å². The van der Waals surface area contributed by atoms with Crippen LogP contribution in [-0.2, 0) is 4.79 Å². The van der Waals surface area contributed by atoms with Gasteiger partial charge in [-0.25, -0.2) is 0 Å². The van der Waals surface area contributed by atoms with E-state index in [2.05, 4.69) is 5.32 Å². The lowest BCUT2D eigenvalue weighted by molar-refractivity contribution is -0.129. The molecule has 0 bridgehead atoms. The lowest BCUT2D eigenvalue weighted by atomic mass is 10.2. The van der Waals surface area contributed by atoms with Crippen molar-refractivity contribution in [2.45, 2.75) is 19.3 Å². The summed E-state index contributed by atoms with van der Waals surface area (Å²) in [6.07, 6.45) is 2.41. The van der Waals surface area contributed by atoms with Gasteiger partial charge in [-0.3, -0.25) is 9.59 Å². The highest BCUT2D eigenvalue weighted by Gasteiger charge is 2.18. The number of benzene rings is 1. The van der Waals surface area contributed by atoms with Crippen molar-refractivity contribution in [2.75, 3.05) is 33.9 Å². The predicted octanol–water partition coefficient (Wildman–Crippen LogP) is 2.10. The number of carbonyl (C=O) groups is 2. The minimum Gasteiger partial charge on any atom is -0.493 e. The fraction of sp³-hybridized carbons (Fsp3) is 0.500. The third-order valence-electron chi connectivity index (χ3n) is 3.78. The molecule has 1 saturated heterocycles. The van der Waals surface area contributed by atoms with Crippen LogP contribution in [0.1, 0.15) is 29.6 Å². The van der Waals surface area contributed by atoms with E-state index in [1.807, 2.05) is 4.90 Å². The quantitative estimate of drug-likeness (QED) is 0.861. The van der Waals surface area contributed by atoms with E-state index in [0.29, 0.717) is 35.1 Å². The van der Waals surface area contributed by atoms with Crippen LogP contribution in [0.3, 0.4) is 0 Å². The SMILES string of the molecule is COc1cc(C(=O)NCCC(=O)N2CCCC2)cc(Cl)c1OC. The normalized spacial score (nSPS) is 13.8. The topological polar surface area (TPSA) is 67.9 Å². The molecule has 126 valence electrons. The van der Waals surface area contributed by atoms with Crippen LogP contribution in [0.4, 0.5) is 0 Å². The van der Waals surface area contributed by atoms with Gasteiger partial charge in [-0.2, -0.15) is 0 Å². The molecule has 0 aliphatic carbocycles. The molecule has 0 saturated carbocycles. The molecule has 6 nitrogen and oxygen atoms in total. The first-order chi connectivity index (χ1) is 11.1. The lowest BCUT2D eigenvalue weighted by Gasteiger charge is -2.15. The number of likely N-dealkylation sites (tertiary alicyclic amines) is 1. The zero-order valence-electron chi connectivity index (χ0n) is 13.4. The van der Waals surface area contributed by atoms with Crippen LogP contribution < -0.4 is 14.8 Å². The average Bonchev–Trinajstić information content (AvgIpc) is 3.08. The Labute approximate surface area is 140 Å². The number of nitrogens with one attached hydrogen (secondary N) is 1. The van der Waals surface area contributed by atoms with Gasteiger partial charge in [0.1, 0.15) is 0 Å². The molecule has 1 N–H and O–H groups in total. The van der Waals surface area contributed by atoms with Crippen molar-refractivity contribution in [3.05, 3.63) is 22.7 Å². The van der Waals surface area contributed by atoms with Crippen LogP contribution >= 0.6 is 11.6 Å². The summed E-state index contributed by atoms with van der Waals surface area (Å²) in [5, 5.41) is 3.02. The van der Waals surface area contributed by atoms with E-state index in [1.165, 1.54) is 20.3 Å². The van der Waals surface area contributed by atoms with Crippen LogP contribution in [0.15, 0.2) is 12.1 Å². The average molecular weight is 341 g/mol. The van der Waals surface area contributed by atoms with Crippen molar-refractivity contribution < 1.29 is 19.1 Å². The van der Waals surface area contributed by atoms with Crippen molar-refractivity contribution in [3.8, 4) is 11.5 Å². The molecule has 1 aliphatic rings. The van der Waals surface area contributed by atoms with Gasteiger partial charge in [-0.15, -0.1) is 0 Å². The van der Waals surface area contributed by atoms with Gasteiger partial charge < -0.3 is 19.7 Å². The van der Waals surface area contributed by atoms with Crippen molar-refractivity contribution in [1.82, 2.24) is 10.2 Å². The smallest absolute Gasteiger partial charge is 0.251 e. The minimum absolute atomic E-state index is 0.0770. The highest BCUT2D eigenvalue weighted by Crippen LogP contribution is 2.35. The summed E-state index contributed by atoms with van der Waals surface area (Å²) in [5.41, 5.74) is 0.362. The summed E-state index contributed by atoms with van der Waals surface area (Å²) in [7, 11) is 2.96. The van der Waals surface area contributed by atoms with Crippen LogP contribution in [0.25, 0.3) is 0 Å². The van der Waals surface area contributed by atoms with E-state index >= 15 is 0 Å². The molecular formula is C16H21ClN2O4. The van der Waals surface area contributed by atoms with Crippen LogP contribution in [0, 0.1) is 0 Å². The van der Waals surface area contributed by atoms with E-state index < -0.39 is 0 Å². The van der Waals surface area contributed by atoms with Gasteiger partial charge in [0.15, 0.2) is 11.5 Å². The standard InChI is InChI=1S/C16H21ClN2O4/c1-22-13-10-11(9-12(17)15(13)23-2)16(21)18-6-5-14(20)19-7-3-4-8-19/h9-10H,3-8H2,1-2H3,(H,18,21). The first-order valence-electron chi connectivity index (χ1n) is 7.54. The first kappa shape index (κ1) is 17.4. The van der Waals surface area contributed by atoms with E-state index in [1.54, 1.807) is 6.07 Å². The van der Waals surface area contributed by atoms with Crippen molar-refractivity contribution in [3.63, 3.8) is 0 Å². The molecule has 0 aromatic heterocycles. The summed E-state index contributed by atoms with van der Waals surface area (Å²) >= 11 is 6.08. The molecule has 0 unspecified atom stereocenters. The van der Waals surface area contributed by atoms with Gasteiger partial charge >= 0.3 is 0 Å². The highest BCUT2D eigenvalue weighted by molar-refractivity contribution is 6.32. The van der Waals surface area contributed by atoms with Gasteiger partial charge in [-0.1, -0.05) is 11.6 Å². The molecule has 1 aromatic rings. The number of methoxy groups -OCH3 is 2. The Kier molecular flexibility index (Phi) is 6.10. The van der Waals surface area contributed by atoms with E-state index in [4.69, 9.17) is 21.1 Å². The van der Waals surface area contributed by atoms with Crippen molar-refractivity contribution >= 4 is 23.4 Å². The van der Waals surface area contributed by atoms with E-state index in [-0.39, 0.29) is 11.8 Å². The van der Waals surface area contributed by atoms with Gasteiger partial charge in [0.05, 0.1) is 19.2 Å².